The van der Waals surface area contributed by atoms with Gasteiger partial charge >= 0.3 is 0 Å². The Kier molecular flexibility index (Phi) is 6.08. The molecular formula is C23H27N3O3. The van der Waals surface area contributed by atoms with E-state index < -0.39 is 6.04 Å². The van der Waals surface area contributed by atoms with E-state index in [-0.39, 0.29) is 24.0 Å². The van der Waals surface area contributed by atoms with Gasteiger partial charge in [0.1, 0.15) is 17.9 Å². The predicted octanol–water partition coefficient (Wildman–Crippen LogP) is 2.73. The van der Waals surface area contributed by atoms with Gasteiger partial charge in [0, 0.05) is 25.1 Å². The number of hydrogen-bond donors (Lipinski definition) is 1. The van der Waals surface area contributed by atoms with Crippen LogP contribution in [0.3, 0.4) is 0 Å². The van der Waals surface area contributed by atoms with Gasteiger partial charge in [-0.05, 0) is 43.4 Å². The lowest BCUT2D eigenvalue weighted by atomic mass is 10.1. The molecule has 2 atom stereocenters. The fraction of sp³-hybridized carbons (Fsp3) is 0.435. The van der Waals surface area contributed by atoms with Crippen molar-refractivity contribution in [2.24, 2.45) is 0 Å². The molecule has 1 saturated carbocycles. The van der Waals surface area contributed by atoms with Crippen molar-refractivity contribution in [1.82, 2.24) is 15.2 Å². The van der Waals surface area contributed by atoms with Crippen molar-refractivity contribution in [2.45, 2.75) is 56.7 Å². The van der Waals surface area contributed by atoms with Crippen LogP contribution in [0.1, 0.15) is 37.7 Å². The summed E-state index contributed by atoms with van der Waals surface area (Å²) in [5.41, 5.74) is 1.22. The summed E-state index contributed by atoms with van der Waals surface area (Å²) >= 11 is 0. The van der Waals surface area contributed by atoms with Crippen molar-refractivity contribution in [1.29, 1.82) is 0 Å². The molecule has 0 bridgehead atoms. The smallest absolute Gasteiger partial charge is 0.243 e. The van der Waals surface area contributed by atoms with Gasteiger partial charge in [-0.15, -0.1) is 0 Å². The summed E-state index contributed by atoms with van der Waals surface area (Å²) in [5.74, 6) is 0.632. The summed E-state index contributed by atoms with van der Waals surface area (Å²) in [6.07, 6.45) is 7.77. The van der Waals surface area contributed by atoms with Crippen LogP contribution >= 0.6 is 0 Å². The van der Waals surface area contributed by atoms with Crippen molar-refractivity contribution in [3.63, 3.8) is 0 Å². The second kappa shape index (κ2) is 9.07. The molecule has 1 aliphatic carbocycles. The van der Waals surface area contributed by atoms with Crippen LogP contribution < -0.4 is 10.1 Å². The number of carbonyl (C=O) groups excluding carboxylic acids is 2. The molecule has 4 rings (SSSR count). The SMILES string of the molecule is O=C(NC1CC1)C1CC(Oc2cccnc2)CN1C(=O)CCCc1ccccc1. The van der Waals surface area contributed by atoms with E-state index in [2.05, 4.69) is 22.4 Å². The molecule has 2 unspecified atom stereocenters. The first-order valence-corrected chi connectivity index (χ1v) is 10.4. The summed E-state index contributed by atoms with van der Waals surface area (Å²) in [7, 11) is 0. The molecule has 2 heterocycles. The number of ether oxygens (including phenoxy) is 1. The van der Waals surface area contributed by atoms with Gasteiger partial charge in [-0.3, -0.25) is 14.6 Å². The monoisotopic (exact) mass is 393 g/mol. The average Bonchev–Trinajstić information content (AvgIpc) is 3.45. The lowest BCUT2D eigenvalue weighted by Gasteiger charge is -2.23. The summed E-state index contributed by atoms with van der Waals surface area (Å²) in [4.78, 5) is 31.4. The van der Waals surface area contributed by atoms with Gasteiger partial charge in [-0.1, -0.05) is 30.3 Å². The highest BCUT2D eigenvalue weighted by Gasteiger charge is 2.41. The maximum Gasteiger partial charge on any atom is 0.243 e. The maximum absolute atomic E-state index is 12.9. The molecule has 1 aromatic carbocycles. The number of pyridine rings is 1. The first-order valence-electron chi connectivity index (χ1n) is 10.4. The van der Waals surface area contributed by atoms with Gasteiger partial charge in [0.15, 0.2) is 0 Å². The van der Waals surface area contributed by atoms with E-state index in [9.17, 15) is 9.59 Å². The largest absolute Gasteiger partial charge is 0.487 e. The molecule has 0 radical (unpaired) electrons. The highest BCUT2D eigenvalue weighted by atomic mass is 16.5. The van der Waals surface area contributed by atoms with Gasteiger partial charge in [0.05, 0.1) is 12.7 Å². The number of carbonyl (C=O) groups is 2. The third-order valence-electron chi connectivity index (χ3n) is 5.45. The molecule has 152 valence electrons. The first-order chi connectivity index (χ1) is 14.2. The third kappa shape index (κ3) is 5.34. The Hall–Kier alpha value is -2.89. The average molecular weight is 393 g/mol. The number of aryl methyl sites for hydroxylation is 1. The van der Waals surface area contributed by atoms with Crippen LogP contribution in [-0.4, -0.2) is 46.4 Å². The van der Waals surface area contributed by atoms with Crippen molar-refractivity contribution in [2.75, 3.05) is 6.54 Å². The zero-order valence-electron chi connectivity index (χ0n) is 16.5. The summed E-state index contributed by atoms with van der Waals surface area (Å²) < 4.78 is 5.99. The number of hydrogen-bond acceptors (Lipinski definition) is 4. The summed E-state index contributed by atoms with van der Waals surface area (Å²) in [6, 6.07) is 13.6. The predicted molar refractivity (Wildman–Crippen MR) is 109 cm³/mol. The van der Waals surface area contributed by atoms with Crippen LogP contribution in [-0.2, 0) is 16.0 Å². The molecular weight excluding hydrogens is 366 g/mol. The van der Waals surface area contributed by atoms with Crippen LogP contribution in [0, 0.1) is 0 Å². The lowest BCUT2D eigenvalue weighted by molar-refractivity contribution is -0.138. The molecule has 1 N–H and O–H groups in total. The molecule has 6 heteroatoms. The normalized spacial score (nSPS) is 21.0. The van der Waals surface area contributed by atoms with Crippen LogP contribution in [0.15, 0.2) is 54.9 Å². The number of likely N-dealkylation sites (tertiary alicyclic amines) is 1. The molecule has 1 aromatic heterocycles. The van der Waals surface area contributed by atoms with Crippen LogP contribution in [0.5, 0.6) is 5.75 Å². The van der Waals surface area contributed by atoms with Crippen LogP contribution in [0.25, 0.3) is 0 Å². The second-order valence-corrected chi connectivity index (χ2v) is 7.85. The van der Waals surface area contributed by atoms with E-state index in [0.717, 1.165) is 25.7 Å². The van der Waals surface area contributed by atoms with E-state index in [1.165, 1.54) is 5.56 Å². The summed E-state index contributed by atoms with van der Waals surface area (Å²) in [6.45, 7) is 0.432. The molecule has 6 nitrogen and oxygen atoms in total. The molecule has 2 fully saturated rings. The fourth-order valence-corrected chi connectivity index (χ4v) is 3.77. The van der Waals surface area contributed by atoms with Crippen LogP contribution in [0.2, 0.25) is 0 Å². The number of benzene rings is 1. The van der Waals surface area contributed by atoms with Crippen LogP contribution in [0.4, 0.5) is 0 Å². The molecule has 2 aliphatic rings. The van der Waals surface area contributed by atoms with Crippen molar-refractivity contribution >= 4 is 11.8 Å². The Bertz CT molecular complexity index is 824. The van der Waals surface area contributed by atoms with E-state index in [1.807, 2.05) is 30.3 Å². The van der Waals surface area contributed by atoms with E-state index in [4.69, 9.17) is 4.74 Å². The maximum atomic E-state index is 12.9. The lowest BCUT2D eigenvalue weighted by Crippen LogP contribution is -2.46. The third-order valence-corrected chi connectivity index (χ3v) is 5.45. The van der Waals surface area contributed by atoms with E-state index in [0.29, 0.717) is 25.1 Å². The molecule has 2 amide bonds. The Labute approximate surface area is 171 Å². The topological polar surface area (TPSA) is 71.5 Å². The van der Waals surface area contributed by atoms with Gasteiger partial charge in [0.2, 0.25) is 11.8 Å². The Morgan fingerprint density at radius 3 is 2.69 bits per heavy atom. The highest BCUT2D eigenvalue weighted by Crippen LogP contribution is 2.26. The quantitative estimate of drug-likeness (QED) is 0.749. The molecule has 29 heavy (non-hydrogen) atoms. The fourth-order valence-electron chi connectivity index (χ4n) is 3.77. The summed E-state index contributed by atoms with van der Waals surface area (Å²) in [5, 5.41) is 3.05. The Balaban J connectivity index is 1.37. The minimum Gasteiger partial charge on any atom is -0.487 e. The van der Waals surface area contributed by atoms with Gasteiger partial charge < -0.3 is 15.0 Å². The number of aromatic nitrogens is 1. The van der Waals surface area contributed by atoms with Crippen molar-refractivity contribution in [3.05, 3.63) is 60.4 Å². The first kappa shape index (κ1) is 19.4. The van der Waals surface area contributed by atoms with Gasteiger partial charge in [-0.2, -0.15) is 0 Å². The zero-order valence-corrected chi connectivity index (χ0v) is 16.5. The Morgan fingerprint density at radius 2 is 1.97 bits per heavy atom. The van der Waals surface area contributed by atoms with Gasteiger partial charge in [-0.25, -0.2) is 0 Å². The highest BCUT2D eigenvalue weighted by molar-refractivity contribution is 5.88. The van der Waals surface area contributed by atoms with Gasteiger partial charge in [0.25, 0.3) is 0 Å². The van der Waals surface area contributed by atoms with E-state index >= 15 is 0 Å². The van der Waals surface area contributed by atoms with Crippen molar-refractivity contribution in [3.8, 4) is 5.75 Å². The van der Waals surface area contributed by atoms with Crippen molar-refractivity contribution < 1.29 is 14.3 Å². The molecule has 0 spiro atoms. The Morgan fingerprint density at radius 1 is 1.14 bits per heavy atom. The molecule has 2 aromatic rings. The number of nitrogens with one attached hydrogen (secondary N) is 1. The zero-order chi connectivity index (χ0) is 20.1. The second-order valence-electron chi connectivity index (χ2n) is 7.85. The molecule has 1 saturated heterocycles. The van der Waals surface area contributed by atoms with E-state index in [1.54, 1.807) is 17.3 Å². The number of amides is 2. The molecule has 1 aliphatic heterocycles. The minimum absolute atomic E-state index is 0.0224. The number of nitrogens with zero attached hydrogens (tertiary/aromatic N) is 2. The minimum atomic E-state index is -0.457. The standard InChI is InChI=1S/C23H27N3O3/c27-22(10-4-8-17-6-2-1-3-7-17)26-16-20(29-19-9-5-13-24-15-19)14-21(26)23(28)25-18-11-12-18/h1-3,5-7,9,13,15,18,20-21H,4,8,10-12,14,16H2,(H,25,28). The number of rotatable bonds is 8.